The first-order valence-corrected chi connectivity index (χ1v) is 11.8. The fourth-order valence-electron chi connectivity index (χ4n) is 3.45. The number of hydrogen-bond acceptors (Lipinski definition) is 9. The number of hydrogen-bond donors (Lipinski definition) is 2. The fraction of sp³-hybridized carbons (Fsp3) is 0.160. The van der Waals surface area contributed by atoms with Crippen LogP contribution in [-0.2, 0) is 9.53 Å². The Morgan fingerprint density at radius 2 is 1.74 bits per heavy atom. The van der Waals surface area contributed by atoms with E-state index in [2.05, 4.69) is 5.10 Å². The molecule has 9 nitrogen and oxygen atoms in total. The highest BCUT2D eigenvalue weighted by Gasteiger charge is 2.47. The number of carbonyl (C=O) groups is 2. The van der Waals surface area contributed by atoms with Gasteiger partial charge < -0.3 is 9.15 Å². The van der Waals surface area contributed by atoms with Gasteiger partial charge >= 0.3 is 12.1 Å². The van der Waals surface area contributed by atoms with Crippen molar-refractivity contribution in [2.45, 2.75) is 31.0 Å². The summed E-state index contributed by atoms with van der Waals surface area (Å²) < 4.78 is 51.9. The van der Waals surface area contributed by atoms with E-state index in [9.17, 15) is 22.8 Å². The molecule has 2 heterocycles. The van der Waals surface area contributed by atoms with E-state index in [1.165, 1.54) is 48.5 Å². The molecule has 1 amide bonds. The number of benzene rings is 2. The van der Waals surface area contributed by atoms with E-state index in [1.807, 2.05) is 0 Å². The van der Waals surface area contributed by atoms with E-state index in [-0.39, 0.29) is 22.2 Å². The second-order valence-electron chi connectivity index (χ2n) is 8.19. The monoisotopic (exact) mass is 547 g/mol. The van der Waals surface area contributed by atoms with E-state index in [4.69, 9.17) is 19.6 Å². The predicted molar refractivity (Wildman–Crippen MR) is 131 cm³/mol. The summed E-state index contributed by atoms with van der Waals surface area (Å²) >= 11 is 0.541. The van der Waals surface area contributed by atoms with Crippen LogP contribution in [0.3, 0.4) is 0 Å². The third kappa shape index (κ3) is 6.14. The van der Waals surface area contributed by atoms with Gasteiger partial charge in [0.1, 0.15) is 11.5 Å². The maximum absolute atomic E-state index is 13.8. The third-order valence-electron chi connectivity index (χ3n) is 5.08. The molecule has 0 atom stereocenters. The Hall–Kier alpha value is -3.91. The van der Waals surface area contributed by atoms with Crippen molar-refractivity contribution in [1.29, 1.82) is 0 Å². The van der Waals surface area contributed by atoms with Crippen LogP contribution in [0.2, 0.25) is 0 Å². The number of amides is 1. The summed E-state index contributed by atoms with van der Waals surface area (Å²) in [5, 5.41) is 21.8. The van der Waals surface area contributed by atoms with Gasteiger partial charge in [0.2, 0.25) is 0 Å². The van der Waals surface area contributed by atoms with Crippen LogP contribution in [0, 0.1) is 0 Å². The molecule has 0 radical (unpaired) electrons. The molecule has 0 saturated carbocycles. The van der Waals surface area contributed by atoms with E-state index in [0.717, 1.165) is 6.08 Å². The molecule has 4 rings (SSSR count). The Morgan fingerprint density at radius 3 is 2.32 bits per heavy atom. The van der Waals surface area contributed by atoms with Gasteiger partial charge in [-0.3, -0.25) is 15.2 Å². The minimum absolute atomic E-state index is 0.0109. The normalized spacial score (nSPS) is 15.1. The lowest BCUT2D eigenvalue weighted by atomic mass is 10.1. The summed E-state index contributed by atoms with van der Waals surface area (Å²) in [7, 11) is 0. The lowest BCUT2D eigenvalue weighted by Crippen LogP contribution is -2.25. The molecule has 3 aromatic rings. The molecule has 2 N–H and O–H groups in total. The molecule has 1 aliphatic rings. The van der Waals surface area contributed by atoms with Gasteiger partial charge in [-0.25, -0.2) is 4.79 Å². The summed E-state index contributed by atoms with van der Waals surface area (Å²) in [5.74, 6) is -1.21. The molecule has 0 spiro atoms. The largest absolute Gasteiger partial charge is 0.459 e. The first-order chi connectivity index (χ1) is 17.9. The molecule has 38 heavy (non-hydrogen) atoms. The zero-order valence-corrected chi connectivity index (χ0v) is 20.7. The van der Waals surface area contributed by atoms with Crippen molar-refractivity contribution in [3.05, 3.63) is 77.6 Å². The molecule has 1 aromatic heterocycles. The van der Waals surface area contributed by atoms with Gasteiger partial charge in [0.05, 0.1) is 22.9 Å². The van der Waals surface area contributed by atoms with Gasteiger partial charge in [0, 0.05) is 22.4 Å². The third-order valence-corrected chi connectivity index (χ3v) is 5.72. The van der Waals surface area contributed by atoms with Crippen LogP contribution in [0.5, 0.6) is 0 Å². The summed E-state index contributed by atoms with van der Waals surface area (Å²) in [5.41, 5.74) is -1.16. The molecule has 13 heteroatoms. The molecule has 0 bridgehead atoms. The average Bonchev–Trinajstić information content (AvgIpc) is 3.44. The van der Waals surface area contributed by atoms with E-state index in [0.29, 0.717) is 38.7 Å². The number of anilines is 1. The van der Waals surface area contributed by atoms with Crippen molar-refractivity contribution in [2.75, 3.05) is 5.01 Å². The van der Waals surface area contributed by atoms with Crippen LogP contribution in [0.15, 0.2) is 80.7 Å². The summed E-state index contributed by atoms with van der Waals surface area (Å²) in [6.45, 7) is 3.46. The first-order valence-electron chi connectivity index (χ1n) is 11.0. The van der Waals surface area contributed by atoms with Gasteiger partial charge in [-0.2, -0.15) is 23.3 Å². The van der Waals surface area contributed by atoms with Crippen molar-refractivity contribution < 1.29 is 42.3 Å². The Bertz CT molecular complexity index is 1400. The van der Waals surface area contributed by atoms with Crippen LogP contribution < -0.4 is 5.01 Å². The van der Waals surface area contributed by atoms with E-state index >= 15 is 0 Å². The van der Waals surface area contributed by atoms with Gasteiger partial charge in [-0.1, -0.05) is 12.1 Å². The van der Waals surface area contributed by atoms with Crippen LogP contribution >= 0.6 is 11.9 Å². The number of furan rings is 1. The molecule has 2 aromatic carbocycles. The molecule has 0 saturated heterocycles. The molecular formula is C25H20F3N3O6S. The highest BCUT2D eigenvalue weighted by Crippen LogP contribution is 2.34. The summed E-state index contributed by atoms with van der Waals surface area (Å²) in [6.07, 6.45) is -4.23. The van der Waals surface area contributed by atoms with Crippen molar-refractivity contribution >= 4 is 41.3 Å². The fourth-order valence-corrected chi connectivity index (χ4v) is 3.90. The van der Waals surface area contributed by atoms with Gasteiger partial charge in [0.15, 0.2) is 5.71 Å². The maximum Gasteiger partial charge on any atom is 0.435 e. The molecule has 1 aliphatic heterocycles. The number of nitrogens with zero attached hydrogens (tertiary/aromatic N) is 3. The number of halogens is 3. The molecule has 0 aliphatic carbocycles. The van der Waals surface area contributed by atoms with Crippen LogP contribution in [0.25, 0.3) is 17.4 Å². The zero-order valence-electron chi connectivity index (χ0n) is 19.8. The molecular weight excluding hydrogens is 527 g/mol. The summed E-state index contributed by atoms with van der Waals surface area (Å²) in [4.78, 5) is 25.3. The topological polar surface area (TPSA) is 116 Å². The quantitative estimate of drug-likeness (QED) is 0.161. The van der Waals surface area contributed by atoms with Crippen LogP contribution in [0.1, 0.15) is 30.0 Å². The zero-order chi connectivity index (χ0) is 27.6. The smallest absolute Gasteiger partial charge is 0.435 e. The maximum atomic E-state index is 13.8. The Kier molecular flexibility index (Phi) is 7.73. The molecule has 198 valence electrons. The van der Waals surface area contributed by atoms with E-state index in [1.54, 1.807) is 26.0 Å². The molecule has 0 fully saturated rings. The second-order valence-corrected chi connectivity index (χ2v) is 9.17. The second kappa shape index (κ2) is 10.8. The number of carbonyl (C=O) groups excluding carboxylic acids is 2. The van der Waals surface area contributed by atoms with Crippen molar-refractivity contribution in [2.24, 2.45) is 5.10 Å². The highest BCUT2D eigenvalue weighted by molar-refractivity contribution is 7.96. The van der Waals surface area contributed by atoms with E-state index < -0.39 is 29.3 Å². The highest BCUT2D eigenvalue weighted by atomic mass is 32.2. The van der Waals surface area contributed by atoms with Crippen molar-refractivity contribution in [1.82, 2.24) is 4.63 Å². The molecule has 0 unspecified atom stereocenters. The SMILES string of the molecule is CC(C)OC(=O)c1ccc(-c2ccc(/C=C3\C(=O)N(c4ccc(SN(O)O)cc4)N=C3C(F)(F)F)o2)cc1. The lowest BCUT2D eigenvalue weighted by molar-refractivity contribution is -0.216. The van der Waals surface area contributed by atoms with Crippen molar-refractivity contribution in [3.8, 4) is 11.3 Å². The number of ether oxygens (including phenoxy) is 1. The van der Waals surface area contributed by atoms with Crippen molar-refractivity contribution in [3.63, 3.8) is 0 Å². The minimum atomic E-state index is -4.92. The number of hydrazone groups is 1. The number of esters is 1. The first kappa shape index (κ1) is 27.1. The van der Waals surface area contributed by atoms with Gasteiger partial charge in [-0.15, -0.1) is 0 Å². The van der Waals surface area contributed by atoms with Gasteiger partial charge in [-0.05, 0) is 73.1 Å². The van der Waals surface area contributed by atoms with Crippen LogP contribution in [0.4, 0.5) is 18.9 Å². The Labute approximate surface area is 218 Å². The standard InChI is InChI=1S/C25H20F3N3O6S/c1-14(2)36-24(33)16-5-3-15(4-6-16)21-12-9-18(37-21)13-20-22(25(26,27)28)29-30(23(20)32)17-7-10-19(11-8-17)38-31(34)35/h3-14,34-35H,1-2H3/b20-13-. The number of rotatable bonds is 7. The Morgan fingerprint density at radius 1 is 1.08 bits per heavy atom. The van der Waals surface area contributed by atoms with Crippen LogP contribution in [-0.4, -0.2) is 44.9 Å². The lowest BCUT2D eigenvalue weighted by Gasteiger charge is -2.12. The predicted octanol–water partition coefficient (Wildman–Crippen LogP) is 5.95. The average molecular weight is 548 g/mol. The number of alkyl halides is 3. The summed E-state index contributed by atoms with van der Waals surface area (Å²) in [6, 6.07) is 14.6. The van der Waals surface area contributed by atoms with Gasteiger partial charge in [0.25, 0.3) is 5.91 Å². The Balaban J connectivity index is 1.59. The minimum Gasteiger partial charge on any atom is -0.459 e.